The molecule has 0 fully saturated rings. The summed E-state index contributed by atoms with van der Waals surface area (Å²) in [5, 5.41) is 10.7. The molecule has 0 saturated carbocycles. The Hall–Kier alpha value is -2.51. The van der Waals surface area contributed by atoms with Gasteiger partial charge in [-0.05, 0) is 23.4 Å². The lowest BCUT2D eigenvalue weighted by Gasteiger charge is -2.06. The van der Waals surface area contributed by atoms with Gasteiger partial charge in [-0.15, -0.1) is 5.10 Å². The molecule has 21 heavy (non-hydrogen) atoms. The van der Waals surface area contributed by atoms with Crippen LogP contribution in [0.4, 0.5) is 10.3 Å². The molecule has 0 spiro atoms. The van der Waals surface area contributed by atoms with E-state index in [1.54, 1.807) is 0 Å². The highest BCUT2D eigenvalue weighted by Crippen LogP contribution is 2.18. The zero-order valence-electron chi connectivity index (χ0n) is 10.9. The SMILES string of the molecule is Cn1nnc(NS(=O)(=O)c2ccc(F)cc2C#CCN)n1. The number of anilines is 1. The van der Waals surface area contributed by atoms with Crippen molar-refractivity contribution >= 4 is 16.0 Å². The Labute approximate surface area is 120 Å². The van der Waals surface area contributed by atoms with Crippen LogP contribution in [0.2, 0.25) is 0 Å². The summed E-state index contributed by atoms with van der Waals surface area (Å²) >= 11 is 0. The fourth-order valence-corrected chi connectivity index (χ4v) is 2.56. The van der Waals surface area contributed by atoms with Crippen molar-refractivity contribution in [1.82, 2.24) is 20.2 Å². The quantitative estimate of drug-likeness (QED) is 0.736. The Kier molecular flexibility index (Phi) is 4.15. The number of tetrazole rings is 1. The van der Waals surface area contributed by atoms with Gasteiger partial charge in [0.05, 0.1) is 13.6 Å². The number of aryl methyl sites for hydroxylation is 1. The van der Waals surface area contributed by atoms with Crippen LogP contribution in [0.1, 0.15) is 5.56 Å². The second-order valence-electron chi connectivity index (χ2n) is 3.85. The molecule has 0 amide bonds. The molecule has 8 nitrogen and oxygen atoms in total. The number of benzene rings is 1. The smallest absolute Gasteiger partial charge is 0.277 e. The predicted octanol–water partition coefficient (Wildman–Crippen LogP) is -0.540. The predicted molar refractivity (Wildman–Crippen MR) is 71.9 cm³/mol. The average Bonchev–Trinajstić information content (AvgIpc) is 2.80. The Morgan fingerprint density at radius 1 is 1.48 bits per heavy atom. The van der Waals surface area contributed by atoms with E-state index in [1.807, 2.05) is 0 Å². The number of nitrogens with one attached hydrogen (secondary N) is 1. The van der Waals surface area contributed by atoms with Gasteiger partial charge in [0.2, 0.25) is 0 Å². The molecule has 10 heteroatoms. The zero-order valence-corrected chi connectivity index (χ0v) is 11.7. The molecule has 0 aliphatic carbocycles. The van der Waals surface area contributed by atoms with Gasteiger partial charge in [0, 0.05) is 5.56 Å². The van der Waals surface area contributed by atoms with Crippen molar-refractivity contribution in [3.05, 3.63) is 29.6 Å². The van der Waals surface area contributed by atoms with Gasteiger partial charge >= 0.3 is 0 Å². The van der Waals surface area contributed by atoms with E-state index in [9.17, 15) is 12.8 Å². The first-order valence-corrected chi connectivity index (χ1v) is 7.16. The lowest BCUT2D eigenvalue weighted by molar-refractivity contribution is 0.598. The van der Waals surface area contributed by atoms with Crippen molar-refractivity contribution in [2.75, 3.05) is 11.3 Å². The zero-order chi connectivity index (χ0) is 15.5. The van der Waals surface area contributed by atoms with Gasteiger partial charge in [-0.3, -0.25) is 0 Å². The van der Waals surface area contributed by atoms with E-state index >= 15 is 0 Å². The Bertz CT molecular complexity index is 821. The maximum absolute atomic E-state index is 13.2. The molecule has 1 heterocycles. The number of nitrogens with zero attached hydrogens (tertiary/aromatic N) is 4. The van der Waals surface area contributed by atoms with Crippen molar-refractivity contribution < 1.29 is 12.8 Å². The van der Waals surface area contributed by atoms with Crippen molar-refractivity contribution in [3.63, 3.8) is 0 Å². The summed E-state index contributed by atoms with van der Waals surface area (Å²) in [6.45, 7) is 0.0230. The van der Waals surface area contributed by atoms with Crippen LogP contribution in [0.25, 0.3) is 0 Å². The van der Waals surface area contributed by atoms with E-state index in [4.69, 9.17) is 5.73 Å². The minimum Gasteiger partial charge on any atom is -0.320 e. The number of aromatic nitrogens is 4. The minimum atomic E-state index is -4.02. The summed E-state index contributed by atoms with van der Waals surface area (Å²) in [5.74, 6) is 4.20. The molecule has 2 aromatic rings. The van der Waals surface area contributed by atoms with Crippen molar-refractivity contribution in [2.24, 2.45) is 12.8 Å². The first-order chi connectivity index (χ1) is 9.92. The van der Waals surface area contributed by atoms with E-state index in [2.05, 4.69) is 32.0 Å². The van der Waals surface area contributed by atoms with E-state index in [-0.39, 0.29) is 23.0 Å². The molecule has 1 aromatic heterocycles. The van der Waals surface area contributed by atoms with Crippen LogP contribution in [-0.2, 0) is 17.1 Å². The normalized spacial score (nSPS) is 10.8. The molecule has 0 unspecified atom stereocenters. The second-order valence-corrected chi connectivity index (χ2v) is 5.51. The molecule has 1 aromatic carbocycles. The summed E-state index contributed by atoms with van der Waals surface area (Å²) in [4.78, 5) is 0.898. The molecular weight excluding hydrogens is 299 g/mol. The molecule has 0 aliphatic rings. The molecule has 3 N–H and O–H groups in total. The van der Waals surface area contributed by atoms with Crippen LogP contribution < -0.4 is 10.5 Å². The summed E-state index contributed by atoms with van der Waals surface area (Å²) in [6, 6.07) is 3.14. The standard InChI is InChI=1S/C11H11FN6O2S/c1-18-15-11(14-17-18)16-21(19,20)10-5-4-9(12)7-8(10)3-2-6-13/h4-5,7H,6,13H2,1H3,(H,15,16). The van der Waals surface area contributed by atoms with Gasteiger partial charge < -0.3 is 5.73 Å². The van der Waals surface area contributed by atoms with Crippen LogP contribution in [0, 0.1) is 17.7 Å². The maximum Gasteiger partial charge on any atom is 0.277 e. The van der Waals surface area contributed by atoms with Crippen molar-refractivity contribution in [1.29, 1.82) is 0 Å². The van der Waals surface area contributed by atoms with E-state index in [0.29, 0.717) is 0 Å². The summed E-state index contributed by atoms with van der Waals surface area (Å²) in [6.07, 6.45) is 0. The van der Waals surface area contributed by atoms with Crippen LogP contribution in [0.5, 0.6) is 0 Å². The molecular formula is C11H11FN6O2S. The highest BCUT2D eigenvalue weighted by molar-refractivity contribution is 7.92. The van der Waals surface area contributed by atoms with Gasteiger partial charge in [0.15, 0.2) is 0 Å². The van der Waals surface area contributed by atoms with E-state index in [0.717, 1.165) is 23.0 Å². The van der Waals surface area contributed by atoms with Crippen LogP contribution in [0.15, 0.2) is 23.1 Å². The molecule has 0 bridgehead atoms. The second kappa shape index (κ2) is 5.86. The lowest BCUT2D eigenvalue weighted by Crippen LogP contribution is -2.16. The van der Waals surface area contributed by atoms with E-state index < -0.39 is 15.8 Å². The van der Waals surface area contributed by atoms with Gasteiger partial charge in [-0.25, -0.2) is 17.5 Å². The van der Waals surface area contributed by atoms with Crippen LogP contribution in [0.3, 0.4) is 0 Å². The van der Waals surface area contributed by atoms with E-state index in [1.165, 1.54) is 7.05 Å². The number of hydrogen-bond acceptors (Lipinski definition) is 6. The monoisotopic (exact) mass is 310 g/mol. The summed E-state index contributed by atoms with van der Waals surface area (Å²) in [5.41, 5.74) is 5.23. The largest absolute Gasteiger partial charge is 0.320 e. The third kappa shape index (κ3) is 3.53. The topological polar surface area (TPSA) is 116 Å². The minimum absolute atomic E-state index is 0.00293. The van der Waals surface area contributed by atoms with Gasteiger partial charge in [0.25, 0.3) is 16.0 Å². The summed E-state index contributed by atoms with van der Waals surface area (Å²) in [7, 11) is -2.53. The van der Waals surface area contributed by atoms with Gasteiger partial charge in [0.1, 0.15) is 10.7 Å². The molecule has 0 atom stereocenters. The Balaban J connectivity index is 2.44. The number of hydrogen-bond donors (Lipinski definition) is 2. The number of halogens is 1. The Morgan fingerprint density at radius 2 is 2.24 bits per heavy atom. The van der Waals surface area contributed by atoms with Crippen LogP contribution >= 0.6 is 0 Å². The fraction of sp³-hybridized carbons (Fsp3) is 0.182. The first-order valence-electron chi connectivity index (χ1n) is 5.67. The summed E-state index contributed by atoms with van der Waals surface area (Å²) < 4.78 is 39.9. The van der Waals surface area contributed by atoms with Gasteiger partial charge in [-0.1, -0.05) is 16.9 Å². The molecule has 0 saturated heterocycles. The molecule has 110 valence electrons. The fourth-order valence-electron chi connectivity index (χ4n) is 1.48. The number of sulfonamides is 1. The molecule has 0 radical (unpaired) electrons. The molecule has 2 rings (SSSR count). The number of nitrogens with two attached hydrogens (primary N) is 1. The van der Waals surface area contributed by atoms with Gasteiger partial charge in [-0.2, -0.15) is 4.80 Å². The highest BCUT2D eigenvalue weighted by atomic mass is 32.2. The third-order valence-corrected chi connectivity index (χ3v) is 3.68. The van der Waals surface area contributed by atoms with Crippen molar-refractivity contribution in [3.8, 4) is 11.8 Å². The number of rotatable bonds is 3. The lowest BCUT2D eigenvalue weighted by atomic mass is 10.2. The Morgan fingerprint density at radius 3 is 2.86 bits per heavy atom. The maximum atomic E-state index is 13.2. The van der Waals surface area contributed by atoms with Crippen molar-refractivity contribution in [2.45, 2.75) is 4.90 Å². The molecule has 0 aliphatic heterocycles. The average molecular weight is 310 g/mol. The highest BCUT2D eigenvalue weighted by Gasteiger charge is 2.20. The van der Waals surface area contributed by atoms with Crippen LogP contribution in [-0.4, -0.2) is 35.2 Å². The first kappa shape index (κ1) is 14.9. The third-order valence-electron chi connectivity index (χ3n) is 2.29.